The molecular formula is C51H38F2N2O4. The van der Waals surface area contributed by atoms with E-state index in [1.807, 2.05) is 140 Å². The predicted molar refractivity (Wildman–Crippen MR) is 233 cm³/mol. The van der Waals surface area contributed by atoms with Gasteiger partial charge in [-0.2, -0.15) is 0 Å². The maximum absolute atomic E-state index is 13.5. The molecule has 6 nitrogen and oxygen atoms in total. The van der Waals surface area contributed by atoms with Crippen LogP contribution in [0.3, 0.4) is 0 Å². The second-order valence-electron chi connectivity index (χ2n) is 13.5. The lowest BCUT2D eigenvalue weighted by Crippen LogP contribution is -2.03. The summed E-state index contributed by atoms with van der Waals surface area (Å²) in [6, 6.07) is 50.2. The standard InChI is InChI=1S/2C19H12FNO.C11H8O.C2H6O/c2*20-14-8-9-18-16(11-14)17(19(22)21-18)10-13-7-6-12-4-2-1-3-5-15(12)13;12-8-10-7-6-9-4-2-1-3-5-11(9)10;1-2-3/h2*1-11H,(H,21,22);1-8H;3H,2H2,1H3/b17-10+;17-10-;;. The summed E-state index contributed by atoms with van der Waals surface area (Å²) >= 11 is 0. The molecule has 290 valence electrons. The van der Waals surface area contributed by atoms with Crippen molar-refractivity contribution in [1.29, 1.82) is 0 Å². The Labute approximate surface area is 340 Å². The molecule has 59 heavy (non-hydrogen) atoms. The molecule has 3 N–H and O–H groups in total. The number of halogens is 2. The van der Waals surface area contributed by atoms with E-state index in [-0.39, 0.29) is 30.1 Å². The number of carbonyl (C=O) groups is 3. The summed E-state index contributed by atoms with van der Waals surface area (Å²) in [7, 11) is 0. The predicted octanol–water partition coefficient (Wildman–Crippen LogP) is 11.4. The molecule has 0 saturated heterocycles. The quantitative estimate of drug-likeness (QED) is 0.123. The van der Waals surface area contributed by atoms with E-state index in [1.165, 1.54) is 24.3 Å². The largest absolute Gasteiger partial charge is 0.397 e. The van der Waals surface area contributed by atoms with Crippen molar-refractivity contribution in [1.82, 2.24) is 0 Å². The molecule has 0 aromatic heterocycles. The van der Waals surface area contributed by atoms with Crippen LogP contribution in [0.15, 0.2) is 164 Å². The minimum atomic E-state index is -0.347. The van der Waals surface area contributed by atoms with Crippen molar-refractivity contribution in [3.8, 4) is 33.4 Å². The Morgan fingerprint density at radius 2 is 0.831 bits per heavy atom. The average Bonchev–Trinajstić information content (AvgIpc) is 3.92. The van der Waals surface area contributed by atoms with Crippen LogP contribution in [0, 0.1) is 11.6 Å². The molecule has 2 amide bonds. The first-order chi connectivity index (χ1) is 28.8. The first-order valence-electron chi connectivity index (χ1n) is 18.9. The first kappa shape index (κ1) is 39.7. The zero-order valence-electron chi connectivity index (χ0n) is 32.0. The highest BCUT2D eigenvalue weighted by atomic mass is 19.1. The van der Waals surface area contributed by atoms with E-state index in [2.05, 4.69) is 10.6 Å². The van der Waals surface area contributed by atoms with Crippen LogP contribution < -0.4 is 10.6 Å². The molecule has 0 unspecified atom stereocenters. The van der Waals surface area contributed by atoms with Crippen molar-refractivity contribution >= 4 is 52.8 Å². The van der Waals surface area contributed by atoms with Crippen LogP contribution in [0.4, 0.5) is 20.2 Å². The molecule has 0 bridgehead atoms. The third-order valence-electron chi connectivity index (χ3n) is 9.73. The molecule has 8 heteroatoms. The molecule has 0 atom stereocenters. The molecular weight excluding hydrogens is 743 g/mol. The fraction of sp³-hybridized carbons (Fsp3) is 0.0392. The van der Waals surface area contributed by atoms with Crippen LogP contribution in [0.25, 0.3) is 56.7 Å². The van der Waals surface area contributed by atoms with Crippen molar-refractivity contribution in [2.45, 2.75) is 6.92 Å². The topological polar surface area (TPSA) is 95.5 Å². The third kappa shape index (κ3) is 8.89. The maximum atomic E-state index is 13.5. The number of aliphatic hydroxyl groups is 1. The van der Waals surface area contributed by atoms with Crippen molar-refractivity contribution in [3.05, 3.63) is 203 Å². The molecule has 0 spiro atoms. The SMILES string of the molecule is CCO.O=C1Nc2ccc(F)cc2/C1=C/c1ccc2cccccc1-2.O=C1Nc2ccc(F)cc2/C1=C\c1ccc2cccccc1-2.O=Cc1ccc2cccccc1-2. The second-order valence-corrected chi connectivity index (χ2v) is 13.5. The van der Waals surface area contributed by atoms with E-state index in [9.17, 15) is 23.2 Å². The first-order valence-corrected chi connectivity index (χ1v) is 18.9. The monoisotopic (exact) mass is 780 g/mol. The van der Waals surface area contributed by atoms with Gasteiger partial charge in [-0.3, -0.25) is 14.4 Å². The Bertz CT molecular complexity index is 2620. The van der Waals surface area contributed by atoms with E-state index in [0.717, 1.165) is 56.4 Å². The molecule has 2 heterocycles. The van der Waals surface area contributed by atoms with Gasteiger partial charge in [0, 0.05) is 45.8 Å². The van der Waals surface area contributed by atoms with Crippen molar-refractivity contribution < 1.29 is 28.3 Å². The Morgan fingerprint density at radius 1 is 0.475 bits per heavy atom. The fourth-order valence-electron chi connectivity index (χ4n) is 6.99. The summed E-state index contributed by atoms with van der Waals surface area (Å²) in [5.41, 5.74) is 12.7. The number of hydrogen-bond acceptors (Lipinski definition) is 4. The molecule has 0 fully saturated rings. The van der Waals surface area contributed by atoms with E-state index in [0.29, 0.717) is 33.6 Å². The van der Waals surface area contributed by atoms with Crippen LogP contribution in [-0.2, 0) is 9.59 Å². The summed E-state index contributed by atoms with van der Waals surface area (Å²) in [5.74, 6) is -1.09. The van der Waals surface area contributed by atoms with Crippen LogP contribution >= 0.6 is 0 Å². The van der Waals surface area contributed by atoms with Crippen LogP contribution in [0.1, 0.15) is 39.5 Å². The van der Waals surface area contributed by atoms with Gasteiger partial charge in [-0.05, 0) is 100.0 Å². The number of hydrogen-bond donors (Lipinski definition) is 3. The Kier molecular flexibility index (Phi) is 12.2. The second kappa shape index (κ2) is 18.1. The van der Waals surface area contributed by atoms with Gasteiger partial charge in [0.2, 0.25) is 0 Å². The van der Waals surface area contributed by atoms with Gasteiger partial charge in [-0.25, -0.2) is 8.78 Å². The molecule has 2 aromatic carbocycles. The van der Waals surface area contributed by atoms with Crippen molar-refractivity contribution in [2.24, 2.45) is 0 Å². The van der Waals surface area contributed by atoms with Gasteiger partial charge in [0.05, 0.1) is 0 Å². The molecule has 2 aromatic rings. The van der Waals surface area contributed by atoms with Crippen LogP contribution in [-0.4, -0.2) is 29.8 Å². The van der Waals surface area contributed by atoms with Crippen molar-refractivity contribution in [3.63, 3.8) is 0 Å². The van der Waals surface area contributed by atoms with Gasteiger partial charge in [-0.1, -0.05) is 127 Å². The summed E-state index contributed by atoms with van der Waals surface area (Å²) < 4.78 is 27.0. The number of nitrogens with one attached hydrogen (secondary N) is 2. The van der Waals surface area contributed by atoms with Gasteiger partial charge in [-0.15, -0.1) is 0 Å². The Hall–Kier alpha value is -7.55. The van der Waals surface area contributed by atoms with E-state index >= 15 is 0 Å². The highest BCUT2D eigenvalue weighted by molar-refractivity contribution is 6.36. The minimum absolute atomic E-state index is 0.199. The molecule has 0 saturated carbocycles. The zero-order chi connectivity index (χ0) is 41.3. The lowest BCUT2D eigenvalue weighted by Gasteiger charge is -2.00. The number of fused-ring (bicyclic) bond motifs is 5. The molecule has 0 radical (unpaired) electrons. The smallest absolute Gasteiger partial charge is 0.256 e. The van der Waals surface area contributed by atoms with Crippen LogP contribution in [0.5, 0.6) is 0 Å². The number of aliphatic hydroxyl groups excluding tert-OH is 1. The van der Waals surface area contributed by atoms with E-state index in [1.54, 1.807) is 19.1 Å². The summed E-state index contributed by atoms with van der Waals surface area (Å²) in [6.45, 7) is 1.93. The summed E-state index contributed by atoms with van der Waals surface area (Å²) in [6.07, 6.45) is 4.54. The van der Waals surface area contributed by atoms with Gasteiger partial charge in [0.1, 0.15) is 11.6 Å². The lowest BCUT2D eigenvalue weighted by atomic mass is 10.0. The number of benzene rings is 2. The highest BCUT2D eigenvalue weighted by Gasteiger charge is 2.26. The zero-order valence-corrected chi connectivity index (χ0v) is 32.0. The van der Waals surface area contributed by atoms with Gasteiger partial charge in [0.15, 0.2) is 6.29 Å². The third-order valence-corrected chi connectivity index (χ3v) is 9.73. The van der Waals surface area contributed by atoms with Gasteiger partial charge >= 0.3 is 0 Å². The minimum Gasteiger partial charge on any atom is -0.397 e. The van der Waals surface area contributed by atoms with E-state index < -0.39 is 0 Å². The van der Waals surface area contributed by atoms with Gasteiger partial charge < -0.3 is 15.7 Å². The Balaban J connectivity index is 0.000000135. The summed E-state index contributed by atoms with van der Waals surface area (Å²) in [5, 5.41) is 13.1. The number of aldehydes is 1. The molecule has 6 aliphatic carbocycles. The molecule has 10 rings (SSSR count). The van der Waals surface area contributed by atoms with Crippen LogP contribution in [0.2, 0.25) is 0 Å². The summed E-state index contributed by atoms with van der Waals surface area (Å²) in [4.78, 5) is 34.9. The van der Waals surface area contributed by atoms with Gasteiger partial charge in [0.25, 0.3) is 11.8 Å². The Morgan fingerprint density at radius 3 is 1.22 bits per heavy atom. The maximum Gasteiger partial charge on any atom is 0.256 e. The normalized spacial score (nSPS) is 13.6. The van der Waals surface area contributed by atoms with Crippen molar-refractivity contribution in [2.75, 3.05) is 17.2 Å². The molecule has 8 aliphatic rings. The number of rotatable bonds is 3. The number of anilines is 2. The fourth-order valence-corrected chi connectivity index (χ4v) is 6.99. The molecule has 2 aliphatic heterocycles. The highest BCUT2D eigenvalue weighted by Crippen LogP contribution is 2.38. The average molecular weight is 781 g/mol. The van der Waals surface area contributed by atoms with E-state index in [4.69, 9.17) is 5.11 Å². The lowest BCUT2D eigenvalue weighted by molar-refractivity contribution is -0.111. The number of amides is 2. The number of carbonyl (C=O) groups excluding carboxylic acids is 3.